The Morgan fingerprint density at radius 2 is 1.84 bits per heavy atom. The van der Waals surface area contributed by atoms with E-state index in [4.69, 9.17) is 5.14 Å². The first-order chi connectivity index (χ1) is 14.6. The lowest BCUT2D eigenvalue weighted by atomic mass is 10.1. The van der Waals surface area contributed by atoms with Gasteiger partial charge in [0.2, 0.25) is 15.9 Å². The minimum atomic E-state index is -3.93. The summed E-state index contributed by atoms with van der Waals surface area (Å²) in [6, 6.07) is 5.56. The molecule has 0 unspecified atom stereocenters. The second-order valence-corrected chi connectivity index (χ2v) is 9.43. The zero-order chi connectivity index (χ0) is 22.2. The fraction of sp³-hybridized carbons (Fsp3) is 0.450. The van der Waals surface area contributed by atoms with Crippen LogP contribution in [0.1, 0.15) is 47.6 Å². The average molecular weight is 451 g/mol. The van der Waals surface area contributed by atoms with E-state index in [9.17, 15) is 22.0 Å². The number of amides is 1. The molecule has 4 rings (SSSR count). The van der Waals surface area contributed by atoms with Crippen LogP contribution in [0.2, 0.25) is 0 Å². The van der Waals surface area contributed by atoms with E-state index >= 15 is 0 Å². The number of halogens is 2. The highest BCUT2D eigenvalue weighted by molar-refractivity contribution is 7.89. The van der Waals surface area contributed by atoms with Crippen molar-refractivity contribution in [1.29, 1.82) is 0 Å². The number of hydrogen-bond donors (Lipinski definition) is 2. The smallest absolute Gasteiger partial charge is 0.278 e. The molecular weight excluding hydrogens is 428 g/mol. The zero-order valence-corrected chi connectivity index (χ0v) is 17.6. The van der Waals surface area contributed by atoms with Crippen molar-refractivity contribution in [3.63, 3.8) is 0 Å². The van der Waals surface area contributed by atoms with Gasteiger partial charge in [-0.2, -0.15) is 0 Å². The first-order valence-electron chi connectivity index (χ1n) is 10.1. The summed E-state index contributed by atoms with van der Waals surface area (Å²) in [5.74, 6) is -3.03. The van der Waals surface area contributed by atoms with Gasteiger partial charge in [-0.1, -0.05) is 6.07 Å². The van der Waals surface area contributed by atoms with Crippen molar-refractivity contribution in [2.75, 3.05) is 23.3 Å². The third-order valence-electron chi connectivity index (χ3n) is 5.51. The zero-order valence-electron chi connectivity index (χ0n) is 16.8. The first-order valence-corrected chi connectivity index (χ1v) is 11.6. The molecule has 0 saturated carbocycles. The number of rotatable bonds is 4. The van der Waals surface area contributed by atoms with Gasteiger partial charge in [-0.3, -0.25) is 4.79 Å². The minimum Gasteiger partial charge on any atom is -0.354 e. The van der Waals surface area contributed by atoms with Crippen molar-refractivity contribution < 1.29 is 22.0 Å². The molecular formula is C20H23F2N5O3S. The number of primary sulfonamides is 1. The number of hydrogen-bond acceptors (Lipinski definition) is 6. The second-order valence-electron chi connectivity index (χ2n) is 7.87. The topological polar surface area (TPSA) is 118 Å². The Labute approximate surface area is 178 Å². The molecule has 1 aromatic heterocycles. The molecule has 0 radical (unpaired) electrons. The van der Waals surface area contributed by atoms with E-state index < -0.39 is 21.9 Å². The summed E-state index contributed by atoms with van der Waals surface area (Å²) in [6.45, 7) is 0.423. The number of nitrogens with two attached hydrogens (primary N) is 1. The maximum atomic E-state index is 13.9. The molecule has 2 aromatic rings. The van der Waals surface area contributed by atoms with E-state index in [2.05, 4.69) is 15.3 Å². The Morgan fingerprint density at radius 1 is 1.10 bits per heavy atom. The molecule has 166 valence electrons. The molecule has 2 heterocycles. The molecule has 8 nitrogen and oxygen atoms in total. The van der Waals surface area contributed by atoms with Gasteiger partial charge in [-0.25, -0.2) is 32.3 Å². The molecule has 1 aliphatic heterocycles. The summed E-state index contributed by atoms with van der Waals surface area (Å²) < 4.78 is 50.9. The summed E-state index contributed by atoms with van der Waals surface area (Å²) in [4.78, 5) is 23.8. The SMILES string of the molecule is NS(=O)(=O)c1cccc(NC(=O)c2nc3c(nc2N2CCCC(F)(F)CC2)CCC3)c1. The summed E-state index contributed by atoms with van der Waals surface area (Å²) >= 11 is 0. The van der Waals surface area contributed by atoms with Gasteiger partial charge in [0.05, 0.1) is 16.3 Å². The molecule has 0 spiro atoms. The van der Waals surface area contributed by atoms with Gasteiger partial charge >= 0.3 is 0 Å². The lowest BCUT2D eigenvalue weighted by molar-refractivity contribution is -0.0102. The van der Waals surface area contributed by atoms with Crippen molar-refractivity contribution in [1.82, 2.24) is 9.97 Å². The standard InChI is InChI=1S/C20H23F2N5O3S/c21-20(22)8-3-10-27(11-9-20)18-17(25-15-6-2-7-16(15)26-18)19(28)24-13-4-1-5-14(12-13)31(23,29)30/h1,4-5,12H,2-3,6-11H2,(H,24,28)(H2,23,29,30). The van der Waals surface area contributed by atoms with Crippen molar-refractivity contribution in [2.24, 2.45) is 5.14 Å². The molecule has 31 heavy (non-hydrogen) atoms. The molecule has 1 saturated heterocycles. The predicted octanol–water partition coefficient (Wildman–Crippen LogP) is 2.49. The maximum absolute atomic E-state index is 13.9. The second kappa shape index (κ2) is 8.12. The maximum Gasteiger partial charge on any atom is 0.278 e. The van der Waals surface area contributed by atoms with E-state index in [0.717, 1.165) is 24.2 Å². The summed E-state index contributed by atoms with van der Waals surface area (Å²) in [5.41, 5.74) is 1.80. The molecule has 1 aromatic carbocycles. The summed E-state index contributed by atoms with van der Waals surface area (Å²) in [7, 11) is -3.93. The predicted molar refractivity (Wildman–Crippen MR) is 111 cm³/mol. The van der Waals surface area contributed by atoms with Gasteiger partial charge in [0, 0.05) is 31.6 Å². The van der Waals surface area contributed by atoms with E-state index in [-0.39, 0.29) is 42.1 Å². The van der Waals surface area contributed by atoms with Crippen molar-refractivity contribution in [2.45, 2.75) is 49.3 Å². The fourth-order valence-corrected chi connectivity index (χ4v) is 4.47. The number of aromatic nitrogens is 2. The highest BCUT2D eigenvalue weighted by atomic mass is 32.2. The van der Waals surface area contributed by atoms with Crippen LogP contribution in [-0.2, 0) is 22.9 Å². The first kappa shape index (κ1) is 21.6. The Bertz CT molecular complexity index is 1120. The highest BCUT2D eigenvalue weighted by Gasteiger charge is 2.34. The lowest BCUT2D eigenvalue weighted by Crippen LogP contribution is -2.30. The number of alkyl halides is 2. The van der Waals surface area contributed by atoms with Crippen LogP contribution in [0.25, 0.3) is 0 Å². The monoisotopic (exact) mass is 451 g/mol. The quantitative estimate of drug-likeness (QED) is 0.737. The number of carbonyl (C=O) groups is 1. The van der Waals surface area contributed by atoms with Crippen LogP contribution in [0.4, 0.5) is 20.3 Å². The molecule has 1 amide bonds. The number of sulfonamides is 1. The van der Waals surface area contributed by atoms with Crippen LogP contribution in [0, 0.1) is 0 Å². The van der Waals surface area contributed by atoms with Crippen molar-refractivity contribution in [3.8, 4) is 0 Å². The van der Waals surface area contributed by atoms with E-state index in [0.29, 0.717) is 18.8 Å². The van der Waals surface area contributed by atoms with Crippen LogP contribution in [0.5, 0.6) is 0 Å². The van der Waals surface area contributed by atoms with Gasteiger partial charge in [0.1, 0.15) is 0 Å². The number of aryl methyl sites for hydroxylation is 2. The van der Waals surface area contributed by atoms with Gasteiger partial charge in [0.15, 0.2) is 11.5 Å². The van der Waals surface area contributed by atoms with E-state index in [1.807, 2.05) is 0 Å². The van der Waals surface area contributed by atoms with Crippen LogP contribution < -0.4 is 15.4 Å². The number of fused-ring (bicyclic) bond motifs is 1. The number of anilines is 2. The van der Waals surface area contributed by atoms with Gasteiger partial charge in [0.25, 0.3) is 5.91 Å². The molecule has 1 fully saturated rings. The van der Waals surface area contributed by atoms with Crippen LogP contribution in [0.3, 0.4) is 0 Å². The van der Waals surface area contributed by atoms with Gasteiger partial charge < -0.3 is 10.2 Å². The number of nitrogens with zero attached hydrogens (tertiary/aromatic N) is 3. The Balaban J connectivity index is 1.67. The van der Waals surface area contributed by atoms with Gasteiger partial charge in [-0.05, 0) is 43.9 Å². The number of nitrogens with one attached hydrogen (secondary N) is 1. The van der Waals surface area contributed by atoms with Crippen LogP contribution >= 0.6 is 0 Å². The third kappa shape index (κ3) is 4.82. The van der Waals surface area contributed by atoms with Crippen molar-refractivity contribution >= 4 is 27.4 Å². The molecule has 3 N–H and O–H groups in total. The third-order valence-corrected chi connectivity index (χ3v) is 6.42. The fourth-order valence-electron chi connectivity index (χ4n) is 3.91. The number of benzene rings is 1. The highest BCUT2D eigenvalue weighted by Crippen LogP contribution is 2.32. The number of carbonyl (C=O) groups excluding carboxylic acids is 1. The molecule has 2 aliphatic rings. The van der Waals surface area contributed by atoms with E-state index in [1.165, 1.54) is 24.3 Å². The molecule has 11 heteroatoms. The van der Waals surface area contributed by atoms with Crippen LogP contribution in [-0.4, -0.2) is 43.3 Å². The lowest BCUT2D eigenvalue weighted by Gasteiger charge is -2.24. The van der Waals surface area contributed by atoms with Gasteiger partial charge in [-0.15, -0.1) is 0 Å². The van der Waals surface area contributed by atoms with E-state index in [1.54, 1.807) is 4.90 Å². The Morgan fingerprint density at radius 3 is 2.58 bits per heavy atom. The minimum absolute atomic E-state index is 0.0480. The van der Waals surface area contributed by atoms with Crippen LogP contribution in [0.15, 0.2) is 29.2 Å². The average Bonchev–Trinajstić information content (AvgIpc) is 3.08. The molecule has 1 aliphatic carbocycles. The normalized spacial score (nSPS) is 18.4. The Kier molecular flexibility index (Phi) is 5.65. The Hall–Kier alpha value is -2.66. The summed E-state index contributed by atoms with van der Waals surface area (Å²) in [5, 5.41) is 7.79. The van der Waals surface area contributed by atoms with Crippen molar-refractivity contribution in [3.05, 3.63) is 41.3 Å². The molecule has 0 atom stereocenters. The summed E-state index contributed by atoms with van der Waals surface area (Å²) in [6.07, 6.45) is 2.06. The largest absolute Gasteiger partial charge is 0.354 e. The molecule has 0 bridgehead atoms.